The predicted octanol–water partition coefficient (Wildman–Crippen LogP) is 4.51. The maximum Gasteiger partial charge on any atom is 0.251 e. The van der Waals surface area contributed by atoms with E-state index in [1.54, 1.807) is 23.1 Å². The summed E-state index contributed by atoms with van der Waals surface area (Å²) in [6.45, 7) is 7.59. The third kappa shape index (κ3) is 6.57. The lowest BCUT2D eigenvalue weighted by Crippen LogP contribution is -2.46. The molecular weight excluding hydrogens is 402 g/mol. The van der Waals surface area contributed by atoms with Gasteiger partial charge in [-0.25, -0.2) is 4.98 Å². The average Bonchev–Trinajstić information content (AvgIpc) is 3.12. The normalized spacial score (nSPS) is 15.0. The number of benzene rings is 1. The Morgan fingerprint density at radius 2 is 1.93 bits per heavy atom. The molecule has 1 aliphatic heterocycles. The molecule has 0 aliphatic carbocycles. The van der Waals surface area contributed by atoms with Crippen LogP contribution < -0.4 is 5.32 Å². The van der Waals surface area contributed by atoms with Crippen LogP contribution in [0.25, 0.3) is 0 Å². The first kappa shape index (κ1) is 21.8. The second-order valence-corrected chi connectivity index (χ2v) is 10.0. The summed E-state index contributed by atoms with van der Waals surface area (Å²) in [6, 6.07) is 7.88. The van der Waals surface area contributed by atoms with Gasteiger partial charge in [-0.05, 0) is 49.9 Å². The number of nitrogens with zero attached hydrogens (tertiary/aromatic N) is 2. The first-order chi connectivity index (χ1) is 13.9. The van der Waals surface area contributed by atoms with Crippen LogP contribution in [-0.2, 0) is 10.5 Å². The van der Waals surface area contributed by atoms with Crippen molar-refractivity contribution in [3.05, 3.63) is 45.9 Å². The number of amides is 2. The van der Waals surface area contributed by atoms with Gasteiger partial charge in [0.1, 0.15) is 0 Å². The molecule has 1 aliphatic rings. The van der Waals surface area contributed by atoms with Crippen molar-refractivity contribution in [1.82, 2.24) is 15.2 Å². The molecule has 29 heavy (non-hydrogen) atoms. The number of hydrogen-bond acceptors (Lipinski definition) is 5. The van der Waals surface area contributed by atoms with Crippen molar-refractivity contribution in [2.24, 2.45) is 5.92 Å². The van der Waals surface area contributed by atoms with Crippen molar-refractivity contribution in [3.8, 4) is 0 Å². The zero-order chi connectivity index (χ0) is 20.8. The van der Waals surface area contributed by atoms with Gasteiger partial charge in [-0.2, -0.15) is 0 Å². The van der Waals surface area contributed by atoms with Gasteiger partial charge in [-0.3, -0.25) is 9.59 Å². The van der Waals surface area contributed by atoms with Gasteiger partial charge in [-0.1, -0.05) is 13.8 Å². The number of carbonyl (C=O) groups is 2. The number of hydrogen-bond donors (Lipinski definition) is 1. The van der Waals surface area contributed by atoms with E-state index < -0.39 is 0 Å². The Labute approximate surface area is 181 Å². The highest BCUT2D eigenvalue weighted by atomic mass is 32.2. The molecule has 1 aromatic heterocycles. The molecule has 3 rings (SSSR count). The number of thioether (sulfide) groups is 1. The minimum Gasteiger partial charge on any atom is -0.349 e. The highest BCUT2D eigenvalue weighted by Crippen LogP contribution is 2.24. The Bertz CT molecular complexity index is 825. The predicted molar refractivity (Wildman–Crippen MR) is 119 cm³/mol. The van der Waals surface area contributed by atoms with Crippen LogP contribution in [0, 0.1) is 12.8 Å². The van der Waals surface area contributed by atoms with Crippen LogP contribution in [0.1, 0.15) is 54.2 Å². The summed E-state index contributed by atoms with van der Waals surface area (Å²) in [7, 11) is 0. The molecule has 5 nitrogen and oxygen atoms in total. The number of thiazole rings is 1. The number of aromatic nitrogens is 1. The van der Waals surface area contributed by atoms with Crippen LogP contribution in [-0.4, -0.2) is 40.8 Å². The van der Waals surface area contributed by atoms with E-state index >= 15 is 0 Å². The number of nitrogens with one attached hydrogen (secondary N) is 1. The average molecular weight is 432 g/mol. The number of likely N-dealkylation sites (tertiary alicyclic amines) is 1. The highest BCUT2D eigenvalue weighted by molar-refractivity contribution is 7.98. The molecule has 2 amide bonds. The maximum atomic E-state index is 12.6. The van der Waals surface area contributed by atoms with Gasteiger partial charge >= 0.3 is 0 Å². The molecule has 0 radical (unpaired) electrons. The molecule has 0 atom stereocenters. The SMILES string of the molecule is Cc1nc(CSc2ccc(C(=O)NC3CCN(C(=O)CC(C)C)CC3)cc2)cs1. The van der Waals surface area contributed by atoms with E-state index in [2.05, 4.69) is 29.5 Å². The fourth-order valence-corrected chi connectivity index (χ4v) is 4.86. The third-order valence-electron chi connectivity index (χ3n) is 4.94. The van der Waals surface area contributed by atoms with Gasteiger partial charge in [0, 0.05) is 47.1 Å². The van der Waals surface area contributed by atoms with Crippen LogP contribution >= 0.6 is 23.1 Å². The van der Waals surface area contributed by atoms with Crippen molar-refractivity contribution < 1.29 is 9.59 Å². The molecule has 2 heterocycles. The molecule has 2 aromatic rings. The largest absolute Gasteiger partial charge is 0.349 e. The summed E-state index contributed by atoms with van der Waals surface area (Å²) in [5.74, 6) is 1.41. The second-order valence-electron chi connectivity index (χ2n) is 7.90. The topological polar surface area (TPSA) is 62.3 Å². The smallest absolute Gasteiger partial charge is 0.251 e. The van der Waals surface area contributed by atoms with Gasteiger partial charge in [0.15, 0.2) is 0 Å². The van der Waals surface area contributed by atoms with Crippen LogP contribution in [0.2, 0.25) is 0 Å². The van der Waals surface area contributed by atoms with Crippen LogP contribution in [0.4, 0.5) is 0 Å². The molecule has 0 bridgehead atoms. The Balaban J connectivity index is 1.44. The first-order valence-electron chi connectivity index (χ1n) is 10.1. The van der Waals surface area contributed by atoms with Gasteiger partial charge < -0.3 is 10.2 Å². The molecule has 156 valence electrons. The molecule has 7 heteroatoms. The summed E-state index contributed by atoms with van der Waals surface area (Å²) in [5, 5.41) is 6.30. The first-order valence-corrected chi connectivity index (χ1v) is 12.0. The maximum absolute atomic E-state index is 12.6. The molecule has 1 aromatic carbocycles. The van der Waals surface area contributed by atoms with E-state index in [4.69, 9.17) is 0 Å². The number of piperidine rings is 1. The van der Waals surface area contributed by atoms with E-state index in [9.17, 15) is 9.59 Å². The molecule has 0 saturated carbocycles. The van der Waals surface area contributed by atoms with Gasteiger partial charge in [0.25, 0.3) is 5.91 Å². The van der Waals surface area contributed by atoms with E-state index in [0.29, 0.717) is 17.9 Å². The molecule has 0 unspecified atom stereocenters. The summed E-state index contributed by atoms with van der Waals surface area (Å²) in [4.78, 5) is 32.3. The number of rotatable bonds is 7. The highest BCUT2D eigenvalue weighted by Gasteiger charge is 2.24. The van der Waals surface area contributed by atoms with Crippen molar-refractivity contribution in [2.45, 2.75) is 56.7 Å². The standard InChI is InChI=1S/C22H29N3O2S2/c1-15(2)12-21(26)25-10-8-18(9-11-25)24-22(27)17-4-6-20(7-5-17)29-14-19-13-28-16(3)23-19/h4-7,13,15,18H,8-12,14H2,1-3H3,(H,24,27). The summed E-state index contributed by atoms with van der Waals surface area (Å²) >= 11 is 3.39. The van der Waals surface area contributed by atoms with E-state index in [-0.39, 0.29) is 17.9 Å². The van der Waals surface area contributed by atoms with Gasteiger partial charge in [-0.15, -0.1) is 23.1 Å². The second kappa shape index (κ2) is 10.3. The van der Waals surface area contributed by atoms with Gasteiger partial charge in [0.2, 0.25) is 5.91 Å². The van der Waals surface area contributed by atoms with Crippen molar-refractivity contribution in [3.63, 3.8) is 0 Å². The quantitative estimate of drug-likeness (QED) is 0.655. The third-order valence-corrected chi connectivity index (χ3v) is 6.80. The summed E-state index contributed by atoms with van der Waals surface area (Å²) in [5.41, 5.74) is 1.77. The number of carbonyl (C=O) groups excluding carboxylic acids is 2. The minimum absolute atomic E-state index is 0.0383. The summed E-state index contributed by atoms with van der Waals surface area (Å²) < 4.78 is 0. The zero-order valence-electron chi connectivity index (χ0n) is 17.3. The fraction of sp³-hybridized carbons (Fsp3) is 0.500. The molecular formula is C22H29N3O2S2. The van der Waals surface area contributed by atoms with Crippen LogP contribution in [0.15, 0.2) is 34.5 Å². The lowest BCUT2D eigenvalue weighted by atomic mass is 10.0. The van der Waals surface area contributed by atoms with Crippen molar-refractivity contribution >= 4 is 34.9 Å². The Kier molecular flexibility index (Phi) is 7.72. The minimum atomic E-state index is -0.0383. The van der Waals surface area contributed by atoms with E-state index in [1.165, 1.54) is 0 Å². The lowest BCUT2D eigenvalue weighted by Gasteiger charge is -2.32. The molecule has 1 fully saturated rings. The fourth-order valence-electron chi connectivity index (χ4n) is 3.35. The number of aryl methyl sites for hydroxylation is 1. The summed E-state index contributed by atoms with van der Waals surface area (Å²) in [6.07, 6.45) is 2.23. The van der Waals surface area contributed by atoms with Crippen molar-refractivity contribution in [1.29, 1.82) is 0 Å². The lowest BCUT2D eigenvalue weighted by molar-refractivity contribution is -0.133. The van der Waals surface area contributed by atoms with Crippen LogP contribution in [0.5, 0.6) is 0 Å². The zero-order valence-corrected chi connectivity index (χ0v) is 18.9. The van der Waals surface area contributed by atoms with E-state index in [0.717, 1.165) is 47.3 Å². The molecule has 1 saturated heterocycles. The molecule has 1 N–H and O–H groups in total. The van der Waals surface area contributed by atoms with E-state index in [1.807, 2.05) is 36.1 Å². The Morgan fingerprint density at radius 1 is 1.24 bits per heavy atom. The monoisotopic (exact) mass is 431 g/mol. The molecule has 0 spiro atoms. The van der Waals surface area contributed by atoms with Crippen LogP contribution in [0.3, 0.4) is 0 Å². The van der Waals surface area contributed by atoms with Gasteiger partial charge in [0.05, 0.1) is 10.7 Å². The van der Waals surface area contributed by atoms with Crippen molar-refractivity contribution in [2.75, 3.05) is 13.1 Å². The Hall–Kier alpha value is -1.86. The Morgan fingerprint density at radius 3 is 2.52 bits per heavy atom.